The summed E-state index contributed by atoms with van der Waals surface area (Å²) in [6.07, 6.45) is 3.61. The number of rotatable bonds is 2. The summed E-state index contributed by atoms with van der Waals surface area (Å²) in [7, 11) is 0. The summed E-state index contributed by atoms with van der Waals surface area (Å²) in [5.41, 5.74) is 12.7. The largest absolute Gasteiger partial charge is 0.456 e. The van der Waals surface area contributed by atoms with E-state index < -0.39 is 0 Å². The third kappa shape index (κ3) is 3.51. The van der Waals surface area contributed by atoms with Crippen molar-refractivity contribution < 1.29 is 17.7 Å². The molecule has 0 fully saturated rings. The van der Waals surface area contributed by atoms with Gasteiger partial charge in [-0.2, -0.15) is 0 Å². The van der Waals surface area contributed by atoms with Crippen molar-refractivity contribution in [1.29, 1.82) is 0 Å². The lowest BCUT2D eigenvalue weighted by Gasteiger charge is -2.04. The van der Waals surface area contributed by atoms with Crippen molar-refractivity contribution in [2.45, 2.75) is 0 Å². The van der Waals surface area contributed by atoms with E-state index in [1.54, 1.807) is 12.4 Å². The highest BCUT2D eigenvalue weighted by Gasteiger charge is 2.18. The van der Waals surface area contributed by atoms with Gasteiger partial charge in [-0.25, -0.2) is 0 Å². The molecule has 6 heterocycles. The molecule has 0 aliphatic carbocycles. The number of nitrogens with zero attached hydrogens (tertiary/aromatic N) is 2. The van der Waals surface area contributed by atoms with E-state index in [9.17, 15) is 0 Å². The smallest absolute Gasteiger partial charge is 0.153 e. The molecule has 0 unspecified atom stereocenters. The molecule has 6 heteroatoms. The van der Waals surface area contributed by atoms with Crippen molar-refractivity contribution >= 4 is 98.8 Å². The van der Waals surface area contributed by atoms with Gasteiger partial charge in [-0.05, 0) is 130 Å². The summed E-state index contributed by atoms with van der Waals surface area (Å²) in [6.45, 7) is 0. The number of benzene rings is 6. The number of pyridine rings is 2. The Balaban J connectivity index is 1.02. The van der Waals surface area contributed by atoms with Crippen LogP contribution in [0, 0.1) is 0 Å². The Morgan fingerprint density at radius 2 is 0.720 bits per heavy atom. The van der Waals surface area contributed by atoms with Gasteiger partial charge < -0.3 is 17.7 Å². The Morgan fingerprint density at radius 3 is 1.32 bits per heavy atom. The van der Waals surface area contributed by atoms with Crippen molar-refractivity contribution in [1.82, 2.24) is 9.97 Å². The number of hydrogen-bond donors (Lipinski definition) is 0. The molecule has 0 saturated heterocycles. The maximum atomic E-state index is 6.52. The predicted molar refractivity (Wildman–Crippen MR) is 200 cm³/mol. The van der Waals surface area contributed by atoms with Gasteiger partial charge in [0.15, 0.2) is 11.2 Å². The van der Waals surface area contributed by atoms with Gasteiger partial charge in [0.2, 0.25) is 0 Å². The van der Waals surface area contributed by atoms with Crippen LogP contribution in [0.4, 0.5) is 0 Å². The molecule has 12 aromatic rings. The van der Waals surface area contributed by atoms with Crippen LogP contribution in [-0.4, -0.2) is 9.97 Å². The van der Waals surface area contributed by atoms with Crippen LogP contribution in [0.15, 0.2) is 151 Å². The summed E-state index contributed by atoms with van der Waals surface area (Å²) >= 11 is 0. The van der Waals surface area contributed by atoms with E-state index in [-0.39, 0.29) is 0 Å². The second kappa shape index (κ2) is 9.36. The first-order valence-electron chi connectivity index (χ1n) is 16.5. The number of fused-ring (bicyclic) bond motifs is 15. The van der Waals surface area contributed by atoms with Crippen LogP contribution in [0.3, 0.4) is 0 Å². The average molecular weight is 643 g/mol. The summed E-state index contributed by atoms with van der Waals surface area (Å²) in [6, 6.07) is 41.6. The lowest BCUT2D eigenvalue weighted by atomic mass is 9.97. The van der Waals surface area contributed by atoms with Gasteiger partial charge in [0.25, 0.3) is 0 Å². The molecule has 0 amide bonds. The first-order chi connectivity index (χ1) is 24.7. The highest BCUT2D eigenvalue weighted by Crippen LogP contribution is 2.43. The van der Waals surface area contributed by atoms with Gasteiger partial charge in [0, 0.05) is 44.7 Å². The van der Waals surface area contributed by atoms with E-state index >= 15 is 0 Å². The lowest BCUT2D eigenvalue weighted by molar-refractivity contribution is 0.668. The third-order valence-electron chi connectivity index (χ3n) is 10.2. The topological polar surface area (TPSA) is 78.3 Å². The highest BCUT2D eigenvalue weighted by molar-refractivity contribution is 6.27. The van der Waals surface area contributed by atoms with Crippen molar-refractivity contribution in [3.05, 3.63) is 134 Å². The molecule has 0 radical (unpaired) electrons. The van der Waals surface area contributed by atoms with Crippen molar-refractivity contribution in [2.75, 3.05) is 0 Å². The van der Waals surface area contributed by atoms with Crippen molar-refractivity contribution in [3.63, 3.8) is 0 Å². The zero-order valence-electron chi connectivity index (χ0n) is 26.2. The Labute approximate surface area is 281 Å². The van der Waals surface area contributed by atoms with Gasteiger partial charge in [0.1, 0.15) is 44.5 Å². The van der Waals surface area contributed by atoms with E-state index in [2.05, 4.69) is 94.9 Å². The second-order valence-electron chi connectivity index (χ2n) is 12.9. The molecule has 232 valence electrons. The Hall–Kier alpha value is -6.92. The van der Waals surface area contributed by atoms with Crippen LogP contribution in [0.5, 0.6) is 0 Å². The SMILES string of the molecule is c1cnc2c(c1)oc1ccc(-c3ccc4c(c3)oc3ccc5c(ccc6oc7ccc(-c8ccc9oc%10cccnc%10c9c8)cc7c65)c34)cc12. The minimum atomic E-state index is 0.789. The maximum Gasteiger partial charge on any atom is 0.153 e. The third-order valence-corrected chi connectivity index (χ3v) is 10.2. The Kier molecular flexibility index (Phi) is 4.89. The molecule has 0 aliphatic heterocycles. The lowest BCUT2D eigenvalue weighted by Crippen LogP contribution is -1.80. The molecule has 6 aromatic heterocycles. The summed E-state index contributed by atoms with van der Waals surface area (Å²) < 4.78 is 25.0. The average Bonchev–Trinajstić information content (AvgIpc) is 3.93. The molecule has 0 N–H and O–H groups in total. The quantitative estimate of drug-likeness (QED) is 0.187. The van der Waals surface area contributed by atoms with Gasteiger partial charge in [-0.1, -0.05) is 24.3 Å². The van der Waals surface area contributed by atoms with Crippen molar-refractivity contribution in [3.8, 4) is 22.3 Å². The zero-order valence-corrected chi connectivity index (χ0v) is 26.2. The number of furan rings is 4. The summed E-state index contributed by atoms with van der Waals surface area (Å²) in [5, 5.41) is 8.61. The molecule has 0 atom stereocenters. The molecular formula is C44H22N2O4. The van der Waals surface area contributed by atoms with Crippen molar-refractivity contribution in [2.24, 2.45) is 0 Å². The summed E-state index contributed by atoms with van der Waals surface area (Å²) in [4.78, 5) is 9.14. The first-order valence-corrected chi connectivity index (χ1v) is 16.5. The fraction of sp³-hybridized carbons (Fsp3) is 0. The Bertz CT molecular complexity index is 3390. The van der Waals surface area contributed by atoms with Gasteiger partial charge in [-0.15, -0.1) is 0 Å². The molecule has 50 heavy (non-hydrogen) atoms. The van der Waals surface area contributed by atoms with Crippen LogP contribution >= 0.6 is 0 Å². The normalized spacial score (nSPS) is 12.4. The minimum Gasteiger partial charge on any atom is -0.456 e. The number of hydrogen-bond acceptors (Lipinski definition) is 6. The van der Waals surface area contributed by atoms with Gasteiger partial charge >= 0.3 is 0 Å². The van der Waals surface area contributed by atoms with Crippen LogP contribution in [-0.2, 0) is 0 Å². The molecule has 0 bridgehead atoms. The molecule has 0 saturated carbocycles. The molecule has 6 aromatic carbocycles. The fourth-order valence-corrected chi connectivity index (χ4v) is 7.87. The van der Waals surface area contributed by atoms with Crippen LogP contribution in [0.25, 0.3) is 121 Å². The van der Waals surface area contributed by atoms with E-state index in [4.69, 9.17) is 17.7 Å². The fourth-order valence-electron chi connectivity index (χ4n) is 7.87. The van der Waals surface area contributed by atoms with E-state index in [1.807, 2.05) is 36.4 Å². The van der Waals surface area contributed by atoms with E-state index in [1.165, 1.54) is 0 Å². The molecule has 0 aliphatic rings. The number of aromatic nitrogens is 2. The standard InChI is InChI=1S/C44H22N2O4/c1-3-38-43(45-17-1)31-20-24(7-13-34(31)48-38)23-6-12-33-30(19-23)42-28-11-15-36-41(27(28)10-16-37(42)47-33)29-9-5-26(22-40(29)50-36)25-8-14-35-32(21-25)44-39(49-35)4-2-18-46-44/h1-22H. The van der Waals surface area contributed by atoms with Crippen LogP contribution < -0.4 is 0 Å². The molecular weight excluding hydrogens is 620 g/mol. The maximum absolute atomic E-state index is 6.52. The van der Waals surface area contributed by atoms with E-state index in [0.717, 1.165) is 121 Å². The molecule has 6 nitrogen and oxygen atoms in total. The van der Waals surface area contributed by atoms with Gasteiger partial charge in [0.05, 0.1) is 0 Å². The second-order valence-corrected chi connectivity index (χ2v) is 12.9. The molecule has 12 rings (SSSR count). The summed E-state index contributed by atoms with van der Waals surface area (Å²) in [5.74, 6) is 0. The molecule has 0 spiro atoms. The van der Waals surface area contributed by atoms with E-state index in [0.29, 0.717) is 0 Å². The first kappa shape index (κ1) is 26.1. The minimum absolute atomic E-state index is 0.789. The zero-order chi connectivity index (χ0) is 32.5. The van der Waals surface area contributed by atoms with Crippen LogP contribution in [0.1, 0.15) is 0 Å². The predicted octanol–water partition coefficient (Wildman–Crippen LogP) is 12.6. The Morgan fingerprint density at radius 1 is 0.300 bits per heavy atom. The highest BCUT2D eigenvalue weighted by atomic mass is 16.3. The van der Waals surface area contributed by atoms with Gasteiger partial charge in [-0.3, -0.25) is 9.97 Å². The van der Waals surface area contributed by atoms with Crippen LogP contribution in [0.2, 0.25) is 0 Å². The monoisotopic (exact) mass is 642 g/mol.